The van der Waals surface area contributed by atoms with E-state index in [2.05, 4.69) is 0 Å². The Morgan fingerprint density at radius 3 is 2.84 bits per heavy atom. The molecule has 1 aliphatic heterocycles. The Labute approximate surface area is 119 Å². The molecule has 1 aromatic carbocycles. The predicted octanol–water partition coefficient (Wildman–Crippen LogP) is 2.15. The number of nitrogens with two attached hydrogens (primary N) is 1. The quantitative estimate of drug-likeness (QED) is 0.930. The van der Waals surface area contributed by atoms with Gasteiger partial charge in [0.2, 0.25) is 10.0 Å². The van der Waals surface area contributed by atoms with Crippen molar-refractivity contribution in [3.05, 3.63) is 28.8 Å². The highest BCUT2D eigenvalue weighted by atomic mass is 35.5. The van der Waals surface area contributed by atoms with Gasteiger partial charge < -0.3 is 5.73 Å². The Hall–Kier alpha value is -0.620. The van der Waals surface area contributed by atoms with Crippen LogP contribution in [0.25, 0.3) is 0 Å². The molecule has 1 unspecified atom stereocenters. The number of benzene rings is 1. The Morgan fingerprint density at radius 2 is 2.16 bits per heavy atom. The molecule has 0 spiro atoms. The molecule has 2 N–H and O–H groups in total. The summed E-state index contributed by atoms with van der Waals surface area (Å²) in [6, 6.07) is 4.97. The molecule has 19 heavy (non-hydrogen) atoms. The third-order valence-electron chi connectivity index (χ3n) is 3.59. The van der Waals surface area contributed by atoms with Crippen LogP contribution in [0.4, 0.5) is 0 Å². The number of rotatable bonds is 3. The maximum Gasteiger partial charge on any atom is 0.244 e. The molecule has 0 bridgehead atoms. The molecule has 1 atom stereocenters. The van der Waals surface area contributed by atoms with Gasteiger partial charge in [-0.25, -0.2) is 8.42 Å². The molecule has 0 aromatic heterocycles. The predicted molar refractivity (Wildman–Crippen MR) is 76.8 cm³/mol. The minimum absolute atomic E-state index is 0.115. The van der Waals surface area contributed by atoms with Crippen molar-refractivity contribution in [2.45, 2.75) is 37.1 Å². The highest BCUT2D eigenvalue weighted by molar-refractivity contribution is 7.89. The van der Waals surface area contributed by atoms with Gasteiger partial charge in [0, 0.05) is 19.1 Å². The van der Waals surface area contributed by atoms with Gasteiger partial charge in [0.25, 0.3) is 0 Å². The van der Waals surface area contributed by atoms with Crippen molar-refractivity contribution in [1.82, 2.24) is 4.31 Å². The first-order valence-electron chi connectivity index (χ1n) is 6.45. The molecular weight excluding hydrogens is 284 g/mol. The number of hydrogen-bond donors (Lipinski definition) is 1. The second-order valence-electron chi connectivity index (χ2n) is 4.89. The SMILES string of the molecule is Cc1cccc(S(=O)(=O)N2CCCCC2CN)c1Cl. The molecule has 106 valence electrons. The van der Waals surface area contributed by atoms with Gasteiger partial charge in [0.15, 0.2) is 0 Å². The van der Waals surface area contributed by atoms with E-state index in [-0.39, 0.29) is 10.9 Å². The van der Waals surface area contributed by atoms with Crippen molar-refractivity contribution < 1.29 is 8.42 Å². The zero-order chi connectivity index (χ0) is 14.0. The lowest BCUT2D eigenvalue weighted by molar-refractivity contribution is 0.257. The molecule has 2 rings (SSSR count). The number of sulfonamides is 1. The van der Waals surface area contributed by atoms with Crippen molar-refractivity contribution in [3.63, 3.8) is 0 Å². The first-order valence-corrected chi connectivity index (χ1v) is 8.27. The van der Waals surface area contributed by atoms with Gasteiger partial charge in [-0.3, -0.25) is 0 Å². The molecule has 1 aliphatic rings. The number of nitrogens with zero attached hydrogens (tertiary/aromatic N) is 1. The summed E-state index contributed by atoms with van der Waals surface area (Å²) >= 11 is 6.15. The number of halogens is 1. The van der Waals surface area contributed by atoms with Crippen molar-refractivity contribution in [2.24, 2.45) is 5.73 Å². The summed E-state index contributed by atoms with van der Waals surface area (Å²) in [5.41, 5.74) is 6.46. The van der Waals surface area contributed by atoms with Crippen LogP contribution in [0.15, 0.2) is 23.1 Å². The van der Waals surface area contributed by atoms with Crippen LogP contribution in [0.5, 0.6) is 0 Å². The van der Waals surface area contributed by atoms with Crippen LogP contribution in [-0.2, 0) is 10.0 Å². The van der Waals surface area contributed by atoms with E-state index in [0.29, 0.717) is 18.1 Å². The normalized spacial score (nSPS) is 21.5. The van der Waals surface area contributed by atoms with Gasteiger partial charge in [0.1, 0.15) is 4.90 Å². The molecule has 0 aliphatic carbocycles. The fraction of sp³-hybridized carbons (Fsp3) is 0.538. The lowest BCUT2D eigenvalue weighted by Crippen LogP contribution is -2.47. The Bertz CT molecular complexity index is 560. The summed E-state index contributed by atoms with van der Waals surface area (Å²) < 4.78 is 26.9. The van der Waals surface area contributed by atoms with Gasteiger partial charge in [-0.1, -0.05) is 30.2 Å². The molecule has 1 fully saturated rings. The minimum Gasteiger partial charge on any atom is -0.329 e. The Morgan fingerprint density at radius 1 is 1.42 bits per heavy atom. The van der Waals surface area contributed by atoms with Crippen LogP contribution in [0.3, 0.4) is 0 Å². The van der Waals surface area contributed by atoms with Crippen molar-refractivity contribution in [2.75, 3.05) is 13.1 Å². The van der Waals surface area contributed by atoms with Gasteiger partial charge in [-0.15, -0.1) is 0 Å². The van der Waals surface area contributed by atoms with Crippen LogP contribution in [-0.4, -0.2) is 31.9 Å². The standard InChI is InChI=1S/C13H19ClN2O2S/c1-10-5-4-7-12(13(10)14)19(17,18)16-8-3-2-6-11(16)9-15/h4-5,7,11H,2-3,6,8-9,15H2,1H3. The van der Waals surface area contributed by atoms with E-state index in [1.165, 1.54) is 4.31 Å². The van der Waals surface area contributed by atoms with Gasteiger partial charge >= 0.3 is 0 Å². The van der Waals surface area contributed by atoms with Crippen LogP contribution in [0.1, 0.15) is 24.8 Å². The summed E-state index contributed by atoms with van der Waals surface area (Å²) in [4.78, 5) is 0.189. The van der Waals surface area contributed by atoms with Crippen LogP contribution >= 0.6 is 11.6 Å². The monoisotopic (exact) mass is 302 g/mol. The largest absolute Gasteiger partial charge is 0.329 e. The van der Waals surface area contributed by atoms with E-state index in [4.69, 9.17) is 17.3 Å². The van der Waals surface area contributed by atoms with E-state index in [1.807, 2.05) is 0 Å². The first-order chi connectivity index (χ1) is 8.98. The van der Waals surface area contributed by atoms with E-state index < -0.39 is 10.0 Å². The molecule has 4 nitrogen and oxygen atoms in total. The molecule has 1 aromatic rings. The van der Waals surface area contributed by atoms with E-state index >= 15 is 0 Å². The zero-order valence-electron chi connectivity index (χ0n) is 11.0. The molecule has 1 heterocycles. The van der Waals surface area contributed by atoms with Gasteiger partial charge in [-0.05, 0) is 31.4 Å². The second kappa shape index (κ2) is 5.79. The highest BCUT2D eigenvalue weighted by Gasteiger charge is 2.34. The third-order valence-corrected chi connectivity index (χ3v) is 6.20. The van der Waals surface area contributed by atoms with Crippen molar-refractivity contribution >= 4 is 21.6 Å². The van der Waals surface area contributed by atoms with Crippen LogP contribution in [0, 0.1) is 6.92 Å². The number of aryl methyl sites for hydroxylation is 1. The van der Waals surface area contributed by atoms with Gasteiger partial charge in [0.05, 0.1) is 5.02 Å². The highest BCUT2D eigenvalue weighted by Crippen LogP contribution is 2.30. The smallest absolute Gasteiger partial charge is 0.244 e. The van der Waals surface area contributed by atoms with E-state index in [1.54, 1.807) is 25.1 Å². The summed E-state index contributed by atoms with van der Waals surface area (Å²) in [6.07, 6.45) is 2.72. The Balaban J connectivity index is 2.44. The topological polar surface area (TPSA) is 63.4 Å². The average molecular weight is 303 g/mol. The maximum atomic E-state index is 12.7. The second-order valence-corrected chi connectivity index (χ2v) is 7.13. The van der Waals surface area contributed by atoms with Crippen molar-refractivity contribution in [1.29, 1.82) is 0 Å². The lowest BCUT2D eigenvalue weighted by Gasteiger charge is -2.34. The third kappa shape index (κ3) is 2.79. The molecule has 6 heteroatoms. The summed E-state index contributed by atoms with van der Waals surface area (Å²) in [5.74, 6) is 0. The zero-order valence-corrected chi connectivity index (χ0v) is 12.5. The summed E-state index contributed by atoms with van der Waals surface area (Å²) in [6.45, 7) is 2.68. The summed E-state index contributed by atoms with van der Waals surface area (Å²) in [7, 11) is -3.56. The molecule has 0 amide bonds. The molecule has 1 saturated heterocycles. The molecule has 0 saturated carbocycles. The molecular formula is C13H19ClN2O2S. The molecule has 0 radical (unpaired) electrons. The van der Waals surface area contributed by atoms with E-state index in [0.717, 1.165) is 24.8 Å². The summed E-state index contributed by atoms with van der Waals surface area (Å²) in [5, 5.41) is 0.309. The Kier molecular flexibility index (Phi) is 4.50. The van der Waals surface area contributed by atoms with Gasteiger partial charge in [-0.2, -0.15) is 4.31 Å². The lowest BCUT2D eigenvalue weighted by atomic mass is 10.1. The van der Waals surface area contributed by atoms with Crippen molar-refractivity contribution in [3.8, 4) is 0 Å². The fourth-order valence-electron chi connectivity index (χ4n) is 2.47. The van der Waals surface area contributed by atoms with E-state index in [9.17, 15) is 8.42 Å². The van der Waals surface area contributed by atoms with Crippen LogP contribution < -0.4 is 5.73 Å². The maximum absolute atomic E-state index is 12.7. The fourth-order valence-corrected chi connectivity index (χ4v) is 4.73. The number of hydrogen-bond acceptors (Lipinski definition) is 3. The first kappa shape index (κ1) is 14.8. The van der Waals surface area contributed by atoms with Crippen LogP contribution in [0.2, 0.25) is 5.02 Å². The number of piperidine rings is 1. The minimum atomic E-state index is -3.56. The average Bonchev–Trinajstić information content (AvgIpc) is 2.41.